The van der Waals surface area contributed by atoms with Crippen LogP contribution in [0.1, 0.15) is 29.4 Å². The van der Waals surface area contributed by atoms with Gasteiger partial charge in [0.05, 0.1) is 12.8 Å². The maximum absolute atomic E-state index is 13.3. The van der Waals surface area contributed by atoms with Crippen molar-refractivity contribution in [1.82, 2.24) is 9.29 Å². The number of rotatable bonds is 5. The van der Waals surface area contributed by atoms with Crippen molar-refractivity contribution in [2.45, 2.75) is 23.6 Å². The largest absolute Gasteiger partial charge is 0.493 e. The fraction of sp³-hybridized carbons (Fsp3) is 0.304. The molecule has 0 fully saturated rings. The van der Waals surface area contributed by atoms with Crippen LogP contribution in [0.15, 0.2) is 41.5 Å². The topological polar surface area (TPSA) is 136 Å². The van der Waals surface area contributed by atoms with Gasteiger partial charge in [0.15, 0.2) is 4.75 Å². The lowest BCUT2D eigenvalue weighted by Gasteiger charge is -2.46. The molecule has 1 aromatic carbocycles. The molecule has 176 valence electrons. The smallest absolute Gasteiger partial charge is 0.274 e. The summed E-state index contributed by atoms with van der Waals surface area (Å²) in [7, 11) is -0.265. The van der Waals surface area contributed by atoms with Gasteiger partial charge in [-0.2, -0.15) is 0 Å². The highest BCUT2D eigenvalue weighted by Crippen LogP contribution is 2.50. The third-order valence-electron chi connectivity index (χ3n) is 6.02. The van der Waals surface area contributed by atoms with Gasteiger partial charge in [0.2, 0.25) is 5.96 Å². The summed E-state index contributed by atoms with van der Waals surface area (Å²) in [5, 5.41) is 2.78. The third kappa shape index (κ3) is 3.66. The van der Waals surface area contributed by atoms with Crippen LogP contribution in [0.25, 0.3) is 0 Å². The first-order valence-corrected chi connectivity index (χ1v) is 11.4. The zero-order valence-corrected chi connectivity index (χ0v) is 19.4. The summed E-state index contributed by atoms with van der Waals surface area (Å²) in [4.78, 5) is 33.9. The number of nitrogens with zero attached hydrogens (tertiary/aromatic N) is 3. The number of benzene rings is 1. The minimum absolute atomic E-state index is 0.0388. The molecular weight excluding hydrogens is 458 g/mol. The van der Waals surface area contributed by atoms with Crippen molar-refractivity contribution < 1.29 is 23.3 Å². The number of hydrogen-bond donors (Lipinski definition) is 2. The lowest BCUT2D eigenvalue weighted by Crippen LogP contribution is -2.62. The second-order valence-electron chi connectivity index (χ2n) is 7.93. The Morgan fingerprint density at radius 3 is 2.91 bits per heavy atom. The zero-order chi connectivity index (χ0) is 24.5. The van der Waals surface area contributed by atoms with Crippen LogP contribution in [-0.2, 0) is 21.3 Å². The summed E-state index contributed by atoms with van der Waals surface area (Å²) < 4.78 is 24.3. The first kappa shape index (κ1) is 23.3. The van der Waals surface area contributed by atoms with Gasteiger partial charge in [0.25, 0.3) is 5.91 Å². The minimum atomic E-state index is -1.79. The average molecular weight is 482 g/mol. The third-order valence-corrected chi connectivity index (χ3v) is 8.03. The molecule has 3 atom stereocenters. The summed E-state index contributed by atoms with van der Waals surface area (Å²) >= 11 is 0. The number of nitrogens with one attached hydrogen (secondary N) is 1. The number of terminal acetylenes is 1. The van der Waals surface area contributed by atoms with E-state index in [2.05, 4.69) is 21.2 Å². The molecule has 0 saturated heterocycles. The van der Waals surface area contributed by atoms with E-state index in [1.54, 1.807) is 31.2 Å². The minimum Gasteiger partial charge on any atom is -0.493 e. The quantitative estimate of drug-likeness (QED) is 0.484. The lowest BCUT2D eigenvalue weighted by molar-refractivity contribution is -0.111. The summed E-state index contributed by atoms with van der Waals surface area (Å²) in [6.45, 7) is 1.97. The fourth-order valence-electron chi connectivity index (χ4n) is 4.07. The van der Waals surface area contributed by atoms with Crippen molar-refractivity contribution in [3.8, 4) is 23.8 Å². The van der Waals surface area contributed by atoms with Gasteiger partial charge in [0.1, 0.15) is 46.6 Å². The van der Waals surface area contributed by atoms with Gasteiger partial charge in [-0.3, -0.25) is 9.10 Å². The Morgan fingerprint density at radius 2 is 2.24 bits per heavy atom. The molecule has 3 heterocycles. The number of amides is 1. The monoisotopic (exact) mass is 481 g/mol. The van der Waals surface area contributed by atoms with E-state index < -0.39 is 27.2 Å². The molecule has 11 heteroatoms. The average Bonchev–Trinajstić information content (AvgIpc) is 2.96. The van der Waals surface area contributed by atoms with Crippen LogP contribution < -0.4 is 20.5 Å². The van der Waals surface area contributed by atoms with Gasteiger partial charge in [-0.1, -0.05) is 5.92 Å². The standard InChI is InChI=1S/C23H23N5O5S/c1-4-10-32-16-6-7-18(25-13-16)20(30)26-15-5-8-19-17(12-15)22(2)23(14-29,9-11-33-19)34(31)28(3)21(24)27-22/h1,5-8,12-14H,9-11H2,2-3H3,(H2,24,27)(H,26,30)/t22-,23?,34?/m1/s1. The highest BCUT2D eigenvalue weighted by atomic mass is 32.2. The van der Waals surface area contributed by atoms with Gasteiger partial charge in [0, 0.05) is 24.7 Å². The van der Waals surface area contributed by atoms with E-state index in [0.29, 0.717) is 29.0 Å². The Labute approximate surface area is 199 Å². The second kappa shape index (κ2) is 8.79. The molecule has 34 heavy (non-hydrogen) atoms. The number of carbonyl (C=O) groups is 2. The van der Waals surface area contributed by atoms with Crippen molar-refractivity contribution in [2.24, 2.45) is 10.7 Å². The molecule has 0 spiro atoms. The SMILES string of the molecule is C#CCOc1ccc(C(=O)Nc2ccc3c(c2)[C@@]2(C)N=C(N)N(C)S(=O)C2(C=O)CCO3)nc1. The number of aromatic nitrogens is 1. The molecule has 2 aromatic rings. The molecule has 0 bridgehead atoms. The first-order valence-electron chi connectivity index (χ1n) is 10.3. The van der Waals surface area contributed by atoms with Gasteiger partial charge >= 0.3 is 0 Å². The number of ether oxygens (including phenoxy) is 2. The molecule has 1 aromatic heterocycles. The zero-order valence-electron chi connectivity index (χ0n) is 18.6. The van der Waals surface area contributed by atoms with Crippen molar-refractivity contribution in [2.75, 3.05) is 25.6 Å². The molecule has 10 nitrogen and oxygen atoms in total. The van der Waals surface area contributed by atoms with Crippen LogP contribution in [0.2, 0.25) is 0 Å². The fourth-order valence-corrected chi connectivity index (χ4v) is 5.61. The second-order valence-corrected chi connectivity index (χ2v) is 9.71. The molecule has 0 saturated carbocycles. The summed E-state index contributed by atoms with van der Waals surface area (Å²) in [6, 6.07) is 8.10. The number of aliphatic imine (C=N–C) groups is 1. The van der Waals surface area contributed by atoms with Gasteiger partial charge in [-0.15, -0.1) is 6.42 Å². The normalized spacial score (nSPS) is 25.4. The van der Waals surface area contributed by atoms with Crippen LogP contribution in [0.5, 0.6) is 11.5 Å². The molecule has 2 unspecified atom stereocenters. The van der Waals surface area contributed by atoms with Crippen LogP contribution in [0.4, 0.5) is 5.69 Å². The Bertz CT molecular complexity index is 1240. The molecular formula is C23H23N5O5S. The van der Waals surface area contributed by atoms with Crippen LogP contribution in [0, 0.1) is 12.3 Å². The molecule has 1 amide bonds. The summed E-state index contributed by atoms with van der Waals surface area (Å²) in [6.07, 6.45) is 7.42. The van der Waals surface area contributed by atoms with Crippen molar-refractivity contribution in [1.29, 1.82) is 0 Å². The summed E-state index contributed by atoms with van der Waals surface area (Å²) in [5.41, 5.74) is 5.84. The number of fused-ring (bicyclic) bond motifs is 3. The molecule has 3 N–H and O–H groups in total. The van der Waals surface area contributed by atoms with E-state index in [0.717, 1.165) is 0 Å². The Morgan fingerprint density at radius 1 is 1.44 bits per heavy atom. The van der Waals surface area contributed by atoms with Gasteiger partial charge < -0.3 is 25.3 Å². The first-order chi connectivity index (χ1) is 16.3. The number of carbonyl (C=O) groups excluding carboxylic acids is 2. The highest BCUT2D eigenvalue weighted by Gasteiger charge is 2.60. The number of hydrogen-bond acceptors (Lipinski definition) is 8. The molecule has 4 rings (SSSR count). The van der Waals surface area contributed by atoms with E-state index in [1.165, 1.54) is 23.6 Å². The van der Waals surface area contributed by atoms with E-state index in [9.17, 15) is 13.8 Å². The number of guanidine groups is 1. The van der Waals surface area contributed by atoms with Crippen LogP contribution in [-0.4, -0.2) is 56.7 Å². The molecule has 0 radical (unpaired) electrons. The predicted molar refractivity (Wildman–Crippen MR) is 127 cm³/mol. The number of pyridine rings is 1. The Balaban J connectivity index is 1.69. The molecule has 2 aliphatic rings. The Hall–Kier alpha value is -3.91. The maximum atomic E-state index is 13.3. The van der Waals surface area contributed by atoms with Gasteiger partial charge in [-0.05, 0) is 37.3 Å². The predicted octanol–water partition coefficient (Wildman–Crippen LogP) is 1.21. The number of nitrogens with two attached hydrogens (primary N) is 1. The van der Waals surface area contributed by atoms with Crippen LogP contribution >= 0.6 is 0 Å². The van der Waals surface area contributed by atoms with Crippen molar-refractivity contribution in [3.63, 3.8) is 0 Å². The highest BCUT2D eigenvalue weighted by molar-refractivity contribution is 7.85. The molecule has 0 aliphatic carbocycles. The number of aldehydes is 1. The maximum Gasteiger partial charge on any atom is 0.274 e. The van der Waals surface area contributed by atoms with Crippen molar-refractivity contribution in [3.05, 3.63) is 47.8 Å². The van der Waals surface area contributed by atoms with E-state index in [1.807, 2.05) is 0 Å². The van der Waals surface area contributed by atoms with Crippen molar-refractivity contribution >= 4 is 34.8 Å². The molecule has 2 aliphatic heterocycles. The summed E-state index contributed by atoms with van der Waals surface area (Å²) in [5.74, 6) is 2.85. The van der Waals surface area contributed by atoms with Gasteiger partial charge in [-0.25, -0.2) is 14.2 Å². The number of anilines is 1. The lowest BCUT2D eigenvalue weighted by atomic mass is 9.78. The van der Waals surface area contributed by atoms with Crippen LogP contribution in [0.3, 0.4) is 0 Å². The Kier molecular flexibility index (Phi) is 6.01. The van der Waals surface area contributed by atoms with E-state index >= 15 is 0 Å². The van der Waals surface area contributed by atoms with E-state index in [-0.39, 0.29) is 31.3 Å². The van der Waals surface area contributed by atoms with E-state index in [4.69, 9.17) is 21.6 Å².